The number of rotatable bonds is 5. The average Bonchev–Trinajstić information content (AvgIpc) is 2.72. The molecule has 0 aliphatic heterocycles. The molecule has 3 nitrogen and oxygen atoms in total. The zero-order valence-electron chi connectivity index (χ0n) is 16.4. The molecule has 0 saturated carbocycles. The van der Waals surface area contributed by atoms with Crippen LogP contribution in [0.15, 0.2) is 72.9 Å². The minimum Gasteiger partial charge on any atom is -0.496 e. The molecule has 0 N–H and O–H groups in total. The first-order valence-electron chi connectivity index (χ1n) is 9.38. The van der Waals surface area contributed by atoms with Crippen LogP contribution in [0.4, 0.5) is 0 Å². The van der Waals surface area contributed by atoms with E-state index >= 15 is 0 Å². The number of fused-ring (bicyclic) bond motifs is 1. The van der Waals surface area contributed by atoms with Gasteiger partial charge in [0.25, 0.3) is 0 Å². The second-order valence-corrected chi connectivity index (χ2v) is 6.99. The van der Waals surface area contributed by atoms with E-state index in [0.29, 0.717) is 0 Å². The van der Waals surface area contributed by atoms with Crippen molar-refractivity contribution in [2.24, 2.45) is 0 Å². The van der Waals surface area contributed by atoms with Gasteiger partial charge in [0.15, 0.2) is 0 Å². The first-order valence-corrected chi connectivity index (χ1v) is 9.38. The van der Waals surface area contributed by atoms with E-state index in [1.165, 1.54) is 10.9 Å². The molecule has 0 aliphatic carbocycles. The number of methoxy groups -OCH3 is 1. The molecular formula is C25H23NO2. The van der Waals surface area contributed by atoms with Crippen LogP contribution in [0.3, 0.4) is 0 Å². The Balaban J connectivity index is 1.61. The number of nitrogens with zero attached hydrogens (tertiary/aromatic N) is 1. The normalized spacial score (nSPS) is 10.8. The molecule has 0 fully saturated rings. The molecule has 0 atom stereocenters. The van der Waals surface area contributed by atoms with Crippen molar-refractivity contribution >= 4 is 10.8 Å². The van der Waals surface area contributed by atoms with Gasteiger partial charge in [-0.1, -0.05) is 42.5 Å². The lowest BCUT2D eigenvalue weighted by Crippen LogP contribution is -1.95. The van der Waals surface area contributed by atoms with Crippen molar-refractivity contribution in [3.8, 4) is 17.2 Å². The van der Waals surface area contributed by atoms with Crippen LogP contribution in [0.1, 0.15) is 22.4 Å². The Hall–Kier alpha value is -3.33. The Kier molecular flexibility index (Phi) is 4.98. The standard InChI is InChI=1S/C25H23NO2/c1-17-9-11-24(23-7-5-4-6-22(17)23)28-21-12-13-26-20(16-21)14-19-10-8-18(2)25(15-19)27-3/h4-13,15-16H,14H2,1-3H3. The van der Waals surface area contributed by atoms with Crippen LogP contribution in [0, 0.1) is 13.8 Å². The van der Waals surface area contributed by atoms with Crippen LogP contribution in [0.25, 0.3) is 10.8 Å². The van der Waals surface area contributed by atoms with Crippen molar-refractivity contribution in [3.05, 3.63) is 95.3 Å². The number of ether oxygens (including phenoxy) is 2. The van der Waals surface area contributed by atoms with E-state index < -0.39 is 0 Å². The van der Waals surface area contributed by atoms with Crippen molar-refractivity contribution in [2.45, 2.75) is 20.3 Å². The van der Waals surface area contributed by atoms with Crippen LogP contribution in [0.5, 0.6) is 17.2 Å². The molecule has 1 aromatic heterocycles. The summed E-state index contributed by atoms with van der Waals surface area (Å²) < 4.78 is 11.7. The number of benzene rings is 3. The van der Waals surface area contributed by atoms with Crippen LogP contribution in [-0.4, -0.2) is 12.1 Å². The lowest BCUT2D eigenvalue weighted by atomic mass is 10.0. The second kappa shape index (κ2) is 7.73. The summed E-state index contributed by atoms with van der Waals surface area (Å²) in [6.45, 7) is 4.16. The summed E-state index contributed by atoms with van der Waals surface area (Å²) in [7, 11) is 1.70. The lowest BCUT2D eigenvalue weighted by molar-refractivity contribution is 0.411. The van der Waals surface area contributed by atoms with E-state index in [4.69, 9.17) is 9.47 Å². The van der Waals surface area contributed by atoms with E-state index in [0.717, 1.165) is 45.9 Å². The fourth-order valence-electron chi connectivity index (χ4n) is 3.44. The number of aryl methyl sites for hydroxylation is 2. The Bertz CT molecular complexity index is 1130. The molecule has 3 heteroatoms. The van der Waals surface area contributed by atoms with Gasteiger partial charge in [0.05, 0.1) is 7.11 Å². The number of hydrogen-bond donors (Lipinski definition) is 0. The van der Waals surface area contributed by atoms with Gasteiger partial charge in [-0.3, -0.25) is 4.98 Å². The first kappa shape index (κ1) is 18.1. The summed E-state index contributed by atoms with van der Waals surface area (Å²) in [6, 6.07) is 22.6. The highest BCUT2D eigenvalue weighted by Gasteiger charge is 2.08. The Morgan fingerprint density at radius 2 is 1.57 bits per heavy atom. The highest BCUT2D eigenvalue weighted by molar-refractivity contribution is 5.91. The summed E-state index contributed by atoms with van der Waals surface area (Å²) >= 11 is 0. The summed E-state index contributed by atoms with van der Waals surface area (Å²) in [6.07, 6.45) is 2.52. The zero-order chi connectivity index (χ0) is 19.5. The van der Waals surface area contributed by atoms with Crippen molar-refractivity contribution in [1.29, 1.82) is 0 Å². The topological polar surface area (TPSA) is 31.4 Å². The molecule has 3 aromatic carbocycles. The molecule has 0 aliphatic rings. The van der Waals surface area contributed by atoms with Gasteiger partial charge in [-0.05, 0) is 54.1 Å². The van der Waals surface area contributed by atoms with Crippen LogP contribution in [-0.2, 0) is 6.42 Å². The highest BCUT2D eigenvalue weighted by Crippen LogP contribution is 2.32. The fraction of sp³-hybridized carbons (Fsp3) is 0.160. The van der Waals surface area contributed by atoms with Crippen LogP contribution >= 0.6 is 0 Å². The van der Waals surface area contributed by atoms with E-state index in [1.54, 1.807) is 13.3 Å². The molecule has 0 amide bonds. The van der Waals surface area contributed by atoms with Gasteiger partial charge in [-0.25, -0.2) is 0 Å². The molecule has 140 valence electrons. The predicted molar refractivity (Wildman–Crippen MR) is 114 cm³/mol. The average molecular weight is 369 g/mol. The summed E-state index contributed by atoms with van der Waals surface area (Å²) in [4.78, 5) is 4.51. The minimum atomic E-state index is 0.725. The molecule has 1 heterocycles. The SMILES string of the molecule is COc1cc(Cc2cc(Oc3ccc(C)c4ccccc34)ccn2)ccc1C. The summed E-state index contributed by atoms with van der Waals surface area (Å²) in [5, 5.41) is 2.32. The maximum Gasteiger partial charge on any atom is 0.135 e. The summed E-state index contributed by atoms with van der Waals surface area (Å²) in [5.74, 6) is 2.55. The number of pyridine rings is 1. The van der Waals surface area contributed by atoms with Gasteiger partial charge in [0, 0.05) is 29.8 Å². The minimum absolute atomic E-state index is 0.725. The highest BCUT2D eigenvalue weighted by atomic mass is 16.5. The molecule has 28 heavy (non-hydrogen) atoms. The third-order valence-corrected chi connectivity index (χ3v) is 4.98. The largest absolute Gasteiger partial charge is 0.496 e. The van der Waals surface area contributed by atoms with Gasteiger partial charge in [-0.2, -0.15) is 0 Å². The van der Waals surface area contributed by atoms with E-state index in [2.05, 4.69) is 54.4 Å². The third kappa shape index (κ3) is 3.70. The quantitative estimate of drug-likeness (QED) is 0.417. The molecule has 4 rings (SSSR count). The monoisotopic (exact) mass is 369 g/mol. The van der Waals surface area contributed by atoms with Gasteiger partial charge in [0.2, 0.25) is 0 Å². The molecular weight excluding hydrogens is 346 g/mol. The van der Waals surface area contributed by atoms with Crippen molar-refractivity contribution in [3.63, 3.8) is 0 Å². The van der Waals surface area contributed by atoms with Gasteiger partial charge in [-0.15, -0.1) is 0 Å². The number of aromatic nitrogens is 1. The third-order valence-electron chi connectivity index (χ3n) is 4.98. The van der Waals surface area contributed by atoms with E-state index in [1.807, 2.05) is 31.2 Å². The smallest absolute Gasteiger partial charge is 0.135 e. The maximum absolute atomic E-state index is 6.22. The first-order chi connectivity index (χ1) is 13.6. The Morgan fingerprint density at radius 3 is 2.39 bits per heavy atom. The van der Waals surface area contributed by atoms with E-state index in [-0.39, 0.29) is 0 Å². The van der Waals surface area contributed by atoms with Gasteiger partial charge < -0.3 is 9.47 Å². The Labute approximate surface area is 165 Å². The molecule has 0 saturated heterocycles. The van der Waals surface area contributed by atoms with Crippen LogP contribution in [0.2, 0.25) is 0 Å². The van der Waals surface area contributed by atoms with E-state index in [9.17, 15) is 0 Å². The van der Waals surface area contributed by atoms with Crippen molar-refractivity contribution in [1.82, 2.24) is 4.98 Å². The zero-order valence-corrected chi connectivity index (χ0v) is 16.4. The fourth-order valence-corrected chi connectivity index (χ4v) is 3.44. The lowest BCUT2D eigenvalue weighted by Gasteiger charge is -2.12. The second-order valence-electron chi connectivity index (χ2n) is 6.99. The Morgan fingerprint density at radius 1 is 0.786 bits per heavy atom. The number of hydrogen-bond acceptors (Lipinski definition) is 3. The molecule has 0 unspecified atom stereocenters. The van der Waals surface area contributed by atoms with Crippen LogP contribution < -0.4 is 9.47 Å². The molecule has 0 bridgehead atoms. The molecule has 0 spiro atoms. The molecule has 4 aromatic rings. The van der Waals surface area contributed by atoms with Gasteiger partial charge >= 0.3 is 0 Å². The summed E-state index contributed by atoms with van der Waals surface area (Å²) in [5.41, 5.74) is 4.49. The molecule has 0 radical (unpaired) electrons. The van der Waals surface area contributed by atoms with Crippen molar-refractivity contribution in [2.75, 3.05) is 7.11 Å². The maximum atomic E-state index is 6.22. The van der Waals surface area contributed by atoms with Gasteiger partial charge in [0.1, 0.15) is 17.2 Å². The predicted octanol–water partition coefficient (Wildman–Crippen LogP) is 6.24. The van der Waals surface area contributed by atoms with Crippen molar-refractivity contribution < 1.29 is 9.47 Å².